The van der Waals surface area contributed by atoms with Crippen LogP contribution in [0.1, 0.15) is 23.1 Å². The molecule has 9 nitrogen and oxygen atoms in total. The van der Waals surface area contributed by atoms with E-state index in [1.165, 1.54) is 0 Å². The van der Waals surface area contributed by atoms with Crippen molar-refractivity contribution in [1.82, 2.24) is 0 Å². The molecule has 0 aliphatic rings. The maximum absolute atomic E-state index is 11.2. The molecule has 0 aliphatic carbocycles. The lowest BCUT2D eigenvalue weighted by Gasteiger charge is -2.37. The summed E-state index contributed by atoms with van der Waals surface area (Å²) in [5.41, 5.74) is 1.99. The number of aliphatic hydroxyl groups is 1. The molecular formula is C27H34O9S2. The summed E-state index contributed by atoms with van der Waals surface area (Å²) in [6.07, 6.45) is 1.60. The quantitative estimate of drug-likeness (QED) is 0.138. The summed E-state index contributed by atoms with van der Waals surface area (Å²) >= 11 is 0. The summed E-state index contributed by atoms with van der Waals surface area (Å²) in [5, 5.41) is 9.54. The van der Waals surface area contributed by atoms with Gasteiger partial charge in [-0.3, -0.25) is 8.74 Å². The van der Waals surface area contributed by atoms with Gasteiger partial charge in [0.15, 0.2) is 0 Å². The largest absolute Gasteiger partial charge is 0.396 e. The molecule has 0 bridgehead atoms. The second-order valence-electron chi connectivity index (χ2n) is 8.35. The maximum atomic E-state index is 11.2. The highest BCUT2D eigenvalue weighted by Crippen LogP contribution is 2.40. The second-order valence-corrected chi connectivity index (χ2v) is 11.5. The Labute approximate surface area is 224 Å². The summed E-state index contributed by atoms with van der Waals surface area (Å²) in [5.74, 6) is 0. The Kier molecular flexibility index (Phi) is 12.5. The van der Waals surface area contributed by atoms with E-state index < -0.39 is 31.9 Å². The molecule has 3 rings (SSSR count). The van der Waals surface area contributed by atoms with Gasteiger partial charge < -0.3 is 14.6 Å². The lowest BCUT2D eigenvalue weighted by Crippen LogP contribution is -2.37. The van der Waals surface area contributed by atoms with Gasteiger partial charge in [0.1, 0.15) is 5.60 Å². The first-order valence-corrected chi connectivity index (χ1v) is 15.4. The van der Waals surface area contributed by atoms with Crippen LogP contribution in [0.5, 0.6) is 0 Å². The minimum atomic E-state index is -3.67. The predicted molar refractivity (Wildman–Crippen MR) is 145 cm³/mol. The van der Waals surface area contributed by atoms with Gasteiger partial charge in [0, 0.05) is 6.61 Å². The van der Waals surface area contributed by atoms with Crippen molar-refractivity contribution in [3.63, 3.8) is 0 Å². The van der Waals surface area contributed by atoms with Crippen LogP contribution in [-0.2, 0) is 39.5 Å². The minimum Gasteiger partial charge on any atom is -0.396 e. The van der Waals surface area contributed by atoms with E-state index in [1.54, 1.807) is 0 Å². The molecule has 3 aromatic rings. The van der Waals surface area contributed by atoms with Crippen LogP contribution < -0.4 is 0 Å². The maximum Gasteiger partial charge on any atom is 0.264 e. The van der Waals surface area contributed by atoms with Crippen molar-refractivity contribution in [2.45, 2.75) is 18.1 Å². The van der Waals surface area contributed by atoms with Crippen LogP contribution >= 0.6 is 0 Å². The van der Waals surface area contributed by atoms with Crippen LogP contribution in [-0.4, -0.2) is 71.5 Å². The molecule has 0 saturated heterocycles. The van der Waals surface area contributed by atoms with Gasteiger partial charge >= 0.3 is 0 Å². The average Bonchev–Trinajstić information content (AvgIpc) is 2.87. The van der Waals surface area contributed by atoms with Gasteiger partial charge in [0.25, 0.3) is 20.2 Å². The van der Waals surface area contributed by atoms with Crippen LogP contribution in [0, 0.1) is 0 Å². The van der Waals surface area contributed by atoms with Crippen molar-refractivity contribution < 1.29 is 40.2 Å². The Hall–Kier alpha value is -2.64. The Morgan fingerprint density at radius 1 is 0.737 bits per heavy atom. The third-order valence-electron chi connectivity index (χ3n) is 5.21. The first-order chi connectivity index (χ1) is 18.0. The molecule has 0 aliphatic heterocycles. The Balaban J connectivity index is 0.000000926. The molecule has 0 spiro atoms. The van der Waals surface area contributed by atoms with Crippen LogP contribution in [0.4, 0.5) is 0 Å². The molecule has 2 N–H and O–H groups in total. The standard InChI is InChI=1S/C26H30O6S.CH4O3S/c1-33(28,29)32-20-19-30-25(17-18-27)21-31-26(22-11-5-2-6-12-22,23-13-7-3-8-14-23)24-15-9-4-10-16-24;1-5(2,3)4/h2-16,25,27H,17-21H2,1H3;1H3,(H,2,3,4)/t25-;/m0./s1. The number of ether oxygens (including phenoxy) is 2. The van der Waals surface area contributed by atoms with Gasteiger partial charge in [-0.15, -0.1) is 0 Å². The van der Waals surface area contributed by atoms with Gasteiger partial charge in [0.05, 0.1) is 38.4 Å². The number of aliphatic hydroxyl groups excluding tert-OH is 1. The fourth-order valence-electron chi connectivity index (χ4n) is 3.75. The second kappa shape index (κ2) is 15.1. The Morgan fingerprint density at radius 3 is 1.47 bits per heavy atom. The first kappa shape index (κ1) is 31.6. The average molecular weight is 567 g/mol. The smallest absolute Gasteiger partial charge is 0.264 e. The van der Waals surface area contributed by atoms with Gasteiger partial charge in [-0.25, -0.2) is 0 Å². The third kappa shape index (κ3) is 11.0. The van der Waals surface area contributed by atoms with Crippen molar-refractivity contribution in [1.29, 1.82) is 0 Å². The van der Waals surface area contributed by atoms with Gasteiger partial charge in [-0.05, 0) is 23.1 Å². The summed E-state index contributed by atoms with van der Waals surface area (Å²) in [6, 6.07) is 29.9. The van der Waals surface area contributed by atoms with E-state index in [0.29, 0.717) is 12.7 Å². The van der Waals surface area contributed by atoms with E-state index in [2.05, 4.69) is 0 Å². The lowest BCUT2D eigenvalue weighted by atomic mass is 9.80. The van der Waals surface area contributed by atoms with E-state index in [1.807, 2.05) is 91.0 Å². The van der Waals surface area contributed by atoms with E-state index >= 15 is 0 Å². The zero-order chi connectivity index (χ0) is 28.1. The summed E-state index contributed by atoms with van der Waals surface area (Å²) in [6.45, 7) is 0.0617. The molecule has 11 heteroatoms. The normalized spacial score (nSPS) is 12.8. The molecule has 208 valence electrons. The fourth-order valence-corrected chi connectivity index (χ4v) is 4.12. The van der Waals surface area contributed by atoms with Crippen molar-refractivity contribution in [3.8, 4) is 0 Å². The number of benzene rings is 3. The molecule has 0 radical (unpaired) electrons. The summed E-state index contributed by atoms with van der Waals surface area (Å²) in [4.78, 5) is 0. The van der Waals surface area contributed by atoms with Crippen LogP contribution in [0.3, 0.4) is 0 Å². The van der Waals surface area contributed by atoms with E-state index in [-0.39, 0.29) is 26.4 Å². The summed E-state index contributed by atoms with van der Waals surface area (Å²) < 4.78 is 65.5. The third-order valence-corrected chi connectivity index (χ3v) is 5.81. The molecule has 0 amide bonds. The molecule has 0 aromatic heterocycles. The molecular weight excluding hydrogens is 532 g/mol. The molecule has 0 fully saturated rings. The molecule has 0 saturated carbocycles. The van der Waals surface area contributed by atoms with Crippen LogP contribution in [0.15, 0.2) is 91.0 Å². The topological polar surface area (TPSA) is 136 Å². The number of hydrogen-bond donors (Lipinski definition) is 2. The van der Waals surface area contributed by atoms with Gasteiger partial charge in [-0.2, -0.15) is 16.8 Å². The van der Waals surface area contributed by atoms with E-state index in [0.717, 1.165) is 22.9 Å². The monoisotopic (exact) mass is 566 g/mol. The van der Waals surface area contributed by atoms with Crippen molar-refractivity contribution in [2.75, 3.05) is 38.9 Å². The number of rotatable bonds is 13. The van der Waals surface area contributed by atoms with Gasteiger partial charge in [-0.1, -0.05) is 91.0 Å². The van der Waals surface area contributed by atoms with Crippen molar-refractivity contribution in [3.05, 3.63) is 108 Å². The van der Waals surface area contributed by atoms with Crippen molar-refractivity contribution in [2.24, 2.45) is 0 Å². The highest BCUT2D eigenvalue weighted by Gasteiger charge is 2.38. The zero-order valence-electron chi connectivity index (χ0n) is 21.3. The highest BCUT2D eigenvalue weighted by molar-refractivity contribution is 7.86. The van der Waals surface area contributed by atoms with Crippen LogP contribution in [0.25, 0.3) is 0 Å². The Morgan fingerprint density at radius 2 is 1.13 bits per heavy atom. The van der Waals surface area contributed by atoms with E-state index in [4.69, 9.17) is 18.2 Å². The lowest BCUT2D eigenvalue weighted by molar-refractivity contribution is -0.0747. The predicted octanol–water partition coefficient (Wildman–Crippen LogP) is 3.24. The van der Waals surface area contributed by atoms with Crippen LogP contribution in [0.2, 0.25) is 0 Å². The van der Waals surface area contributed by atoms with E-state index in [9.17, 15) is 21.9 Å². The number of hydrogen-bond acceptors (Lipinski definition) is 8. The molecule has 38 heavy (non-hydrogen) atoms. The first-order valence-electron chi connectivity index (χ1n) is 11.8. The zero-order valence-corrected chi connectivity index (χ0v) is 23.0. The fraction of sp³-hybridized carbons (Fsp3) is 0.333. The molecule has 1 atom stereocenters. The highest BCUT2D eigenvalue weighted by atomic mass is 32.2. The minimum absolute atomic E-state index is 0.0656. The molecule has 0 heterocycles. The molecule has 3 aromatic carbocycles. The van der Waals surface area contributed by atoms with Gasteiger partial charge in [0.2, 0.25) is 0 Å². The SMILES string of the molecule is CS(=O)(=O)O.CS(=O)(=O)OCCO[C@@H](CCO)COC(c1ccccc1)(c1ccccc1)c1ccccc1. The Bertz CT molecular complexity index is 1180. The molecule has 0 unspecified atom stereocenters. The van der Waals surface area contributed by atoms with Crippen molar-refractivity contribution >= 4 is 20.2 Å². The summed E-state index contributed by atoms with van der Waals surface area (Å²) in [7, 11) is -7.21.